The minimum atomic E-state index is -1.13. The van der Waals surface area contributed by atoms with E-state index in [9.17, 15) is 9.90 Å². The van der Waals surface area contributed by atoms with Gasteiger partial charge in [0.05, 0.1) is 0 Å². The molecule has 2 heteroatoms. The van der Waals surface area contributed by atoms with Crippen molar-refractivity contribution in [3.8, 4) is 0 Å². The zero-order valence-electron chi connectivity index (χ0n) is 11.3. The van der Waals surface area contributed by atoms with Crippen molar-refractivity contribution in [3.63, 3.8) is 0 Å². The Morgan fingerprint density at radius 2 is 1.82 bits per heavy atom. The number of allylic oxidation sites excluding steroid dienone is 1. The summed E-state index contributed by atoms with van der Waals surface area (Å²) in [4.78, 5) is 12.5. The number of aliphatic hydroxyl groups is 1. The Hall–Kier alpha value is -0.630. The Labute approximate surface area is 103 Å². The summed E-state index contributed by atoms with van der Waals surface area (Å²) >= 11 is 0. The van der Waals surface area contributed by atoms with E-state index in [1.165, 1.54) is 12.0 Å². The summed E-state index contributed by atoms with van der Waals surface area (Å²) in [6.45, 7) is 8.31. The van der Waals surface area contributed by atoms with Gasteiger partial charge in [-0.25, -0.2) is 0 Å². The molecule has 3 aliphatic carbocycles. The lowest BCUT2D eigenvalue weighted by molar-refractivity contribution is -0.134. The van der Waals surface area contributed by atoms with Crippen molar-refractivity contribution >= 4 is 5.78 Å². The maximum atomic E-state index is 12.5. The van der Waals surface area contributed by atoms with E-state index in [-0.39, 0.29) is 16.6 Å². The lowest BCUT2D eigenvalue weighted by Gasteiger charge is -2.43. The Morgan fingerprint density at radius 3 is 2.47 bits per heavy atom. The number of fused-ring (bicyclic) bond motifs is 2. The van der Waals surface area contributed by atoms with Gasteiger partial charge in [-0.15, -0.1) is 0 Å². The van der Waals surface area contributed by atoms with E-state index in [2.05, 4.69) is 20.8 Å². The molecule has 17 heavy (non-hydrogen) atoms. The predicted molar refractivity (Wildman–Crippen MR) is 66.5 cm³/mol. The molecule has 3 aliphatic rings. The fourth-order valence-corrected chi connectivity index (χ4v) is 4.14. The van der Waals surface area contributed by atoms with E-state index in [0.29, 0.717) is 6.42 Å². The minimum absolute atomic E-state index is 0.00433. The van der Waals surface area contributed by atoms with Crippen molar-refractivity contribution in [2.45, 2.75) is 59.0 Å². The zero-order chi connectivity index (χ0) is 12.6. The highest BCUT2D eigenvalue weighted by molar-refractivity contribution is 6.04. The van der Waals surface area contributed by atoms with Crippen LogP contribution in [0.1, 0.15) is 53.4 Å². The molecule has 0 bridgehead atoms. The van der Waals surface area contributed by atoms with Crippen molar-refractivity contribution < 1.29 is 9.90 Å². The topological polar surface area (TPSA) is 37.3 Å². The second-order valence-electron chi connectivity index (χ2n) is 7.36. The molecule has 0 amide bonds. The SMILES string of the molecule is CC1(C)CC2CC2(C)C2=C1C(=O)C(C)(O)CC2. The molecule has 0 saturated heterocycles. The minimum Gasteiger partial charge on any atom is -0.382 e. The van der Waals surface area contributed by atoms with Gasteiger partial charge in [-0.3, -0.25) is 4.79 Å². The molecule has 0 heterocycles. The van der Waals surface area contributed by atoms with Gasteiger partial charge in [0.15, 0.2) is 5.78 Å². The average molecular weight is 234 g/mol. The molecule has 0 aromatic rings. The van der Waals surface area contributed by atoms with Crippen molar-refractivity contribution in [1.29, 1.82) is 0 Å². The van der Waals surface area contributed by atoms with Crippen LogP contribution in [0.15, 0.2) is 11.1 Å². The Bertz CT molecular complexity index is 442. The molecular formula is C15H22O2. The number of hydrogen-bond donors (Lipinski definition) is 1. The fourth-order valence-electron chi connectivity index (χ4n) is 4.14. The molecule has 0 aromatic heterocycles. The summed E-state index contributed by atoms with van der Waals surface area (Å²) in [5, 5.41) is 10.2. The average Bonchev–Trinajstić information content (AvgIpc) is 2.81. The molecule has 94 valence electrons. The summed E-state index contributed by atoms with van der Waals surface area (Å²) in [7, 11) is 0. The smallest absolute Gasteiger partial charge is 0.190 e. The van der Waals surface area contributed by atoms with Gasteiger partial charge in [0.1, 0.15) is 5.60 Å². The fraction of sp³-hybridized carbons (Fsp3) is 0.800. The van der Waals surface area contributed by atoms with Crippen LogP contribution in [-0.2, 0) is 4.79 Å². The second-order valence-corrected chi connectivity index (χ2v) is 7.36. The number of Topliss-reactive ketones (excluding diaryl/α,β-unsaturated/α-hetero) is 1. The molecular weight excluding hydrogens is 212 g/mol. The van der Waals surface area contributed by atoms with E-state index in [1.54, 1.807) is 6.92 Å². The van der Waals surface area contributed by atoms with Crippen LogP contribution in [0.4, 0.5) is 0 Å². The van der Waals surface area contributed by atoms with E-state index in [0.717, 1.165) is 24.3 Å². The number of carbonyl (C=O) groups is 1. The van der Waals surface area contributed by atoms with E-state index in [4.69, 9.17) is 0 Å². The summed E-state index contributed by atoms with van der Waals surface area (Å²) in [6.07, 6.45) is 3.85. The van der Waals surface area contributed by atoms with Crippen molar-refractivity contribution in [3.05, 3.63) is 11.1 Å². The maximum absolute atomic E-state index is 12.5. The lowest BCUT2D eigenvalue weighted by Crippen LogP contribution is -2.46. The summed E-state index contributed by atoms with van der Waals surface area (Å²) < 4.78 is 0. The van der Waals surface area contributed by atoms with Crippen molar-refractivity contribution in [2.75, 3.05) is 0 Å². The van der Waals surface area contributed by atoms with Crippen LogP contribution in [0.25, 0.3) is 0 Å². The third kappa shape index (κ3) is 1.33. The molecule has 3 rings (SSSR count). The van der Waals surface area contributed by atoms with Gasteiger partial charge in [-0.05, 0) is 49.4 Å². The van der Waals surface area contributed by atoms with Gasteiger partial charge in [-0.2, -0.15) is 0 Å². The van der Waals surface area contributed by atoms with Gasteiger partial charge < -0.3 is 5.11 Å². The molecule has 1 N–H and O–H groups in total. The maximum Gasteiger partial charge on any atom is 0.190 e. The number of hydrogen-bond acceptors (Lipinski definition) is 2. The summed E-state index contributed by atoms with van der Waals surface area (Å²) in [6, 6.07) is 0. The monoisotopic (exact) mass is 234 g/mol. The Morgan fingerprint density at radius 1 is 1.18 bits per heavy atom. The first-order chi connectivity index (χ1) is 7.68. The molecule has 1 saturated carbocycles. The highest BCUT2D eigenvalue weighted by Gasteiger charge is 2.62. The van der Waals surface area contributed by atoms with Gasteiger partial charge in [0, 0.05) is 5.57 Å². The van der Waals surface area contributed by atoms with Crippen LogP contribution in [0.2, 0.25) is 0 Å². The molecule has 3 unspecified atom stereocenters. The molecule has 0 radical (unpaired) electrons. The lowest BCUT2D eigenvalue weighted by atomic mass is 9.61. The first-order valence-electron chi connectivity index (χ1n) is 6.70. The molecule has 0 aromatic carbocycles. The van der Waals surface area contributed by atoms with Crippen molar-refractivity contribution in [1.82, 2.24) is 0 Å². The third-order valence-corrected chi connectivity index (χ3v) is 5.41. The van der Waals surface area contributed by atoms with Gasteiger partial charge >= 0.3 is 0 Å². The van der Waals surface area contributed by atoms with Crippen LogP contribution < -0.4 is 0 Å². The van der Waals surface area contributed by atoms with Gasteiger partial charge in [0.2, 0.25) is 0 Å². The third-order valence-electron chi connectivity index (χ3n) is 5.41. The number of carbonyl (C=O) groups excluding carboxylic acids is 1. The van der Waals surface area contributed by atoms with Crippen molar-refractivity contribution in [2.24, 2.45) is 16.7 Å². The van der Waals surface area contributed by atoms with Crippen LogP contribution in [0.3, 0.4) is 0 Å². The van der Waals surface area contributed by atoms with E-state index >= 15 is 0 Å². The normalized spacial score (nSPS) is 47.6. The highest BCUT2D eigenvalue weighted by Crippen LogP contribution is 2.69. The molecule has 0 spiro atoms. The van der Waals surface area contributed by atoms with Crippen LogP contribution in [-0.4, -0.2) is 16.5 Å². The Balaban J connectivity index is 2.17. The summed E-state index contributed by atoms with van der Waals surface area (Å²) in [5.74, 6) is 0.766. The molecule has 0 aliphatic heterocycles. The number of ketones is 1. The van der Waals surface area contributed by atoms with E-state index in [1.807, 2.05) is 0 Å². The first kappa shape index (κ1) is 11.5. The quantitative estimate of drug-likeness (QED) is 0.699. The second kappa shape index (κ2) is 2.85. The van der Waals surface area contributed by atoms with Crippen LogP contribution >= 0.6 is 0 Å². The van der Waals surface area contributed by atoms with Crippen LogP contribution in [0.5, 0.6) is 0 Å². The predicted octanol–water partition coefficient (Wildman–Crippen LogP) is 2.85. The van der Waals surface area contributed by atoms with Gasteiger partial charge in [-0.1, -0.05) is 26.3 Å². The largest absolute Gasteiger partial charge is 0.382 e. The Kier molecular flexibility index (Phi) is 1.92. The zero-order valence-corrected chi connectivity index (χ0v) is 11.3. The standard InChI is InChI=1S/C15H22O2/c1-13(2)7-9-8-14(9,3)10-5-6-15(4,17)12(16)11(10)13/h9,17H,5-8H2,1-4H3. The van der Waals surface area contributed by atoms with E-state index < -0.39 is 5.60 Å². The molecule has 3 atom stereocenters. The van der Waals surface area contributed by atoms with Crippen LogP contribution in [0, 0.1) is 16.7 Å². The molecule has 2 nitrogen and oxygen atoms in total. The highest BCUT2D eigenvalue weighted by atomic mass is 16.3. The number of rotatable bonds is 0. The van der Waals surface area contributed by atoms with Gasteiger partial charge in [0.25, 0.3) is 0 Å². The molecule has 1 fully saturated rings. The summed E-state index contributed by atoms with van der Waals surface area (Å²) in [5.41, 5.74) is 1.45. The first-order valence-corrected chi connectivity index (χ1v) is 6.70.